The lowest BCUT2D eigenvalue weighted by atomic mass is 10.2. The molecule has 1 amide bonds. The molecule has 0 spiro atoms. The number of carboxylic acids is 1. The molecule has 6 heteroatoms. The minimum atomic E-state index is -1.15. The van der Waals surface area contributed by atoms with Gasteiger partial charge in [0, 0.05) is 11.4 Å². The van der Waals surface area contributed by atoms with E-state index in [4.69, 9.17) is 16.7 Å². The fourth-order valence-electron chi connectivity index (χ4n) is 1.03. The predicted molar refractivity (Wildman–Crippen MR) is 60.4 cm³/mol. The highest BCUT2D eigenvalue weighted by molar-refractivity contribution is 9.10. The molecule has 0 aliphatic heterocycles. The minimum Gasteiger partial charge on any atom is -0.478 e. The third-order valence-corrected chi connectivity index (χ3v) is 2.44. The van der Waals surface area contributed by atoms with Crippen molar-refractivity contribution in [2.75, 3.05) is 5.32 Å². The number of benzene rings is 1. The van der Waals surface area contributed by atoms with Crippen LogP contribution in [0, 0.1) is 0 Å². The smallest absolute Gasteiger partial charge is 0.337 e. The van der Waals surface area contributed by atoms with Crippen LogP contribution in [0.2, 0.25) is 5.02 Å². The Morgan fingerprint density at radius 2 is 2.07 bits per heavy atom. The van der Waals surface area contributed by atoms with Crippen molar-refractivity contribution < 1.29 is 14.7 Å². The lowest BCUT2D eigenvalue weighted by molar-refractivity contribution is -0.114. The van der Waals surface area contributed by atoms with E-state index in [9.17, 15) is 9.59 Å². The van der Waals surface area contributed by atoms with Crippen LogP contribution in [0.25, 0.3) is 0 Å². The number of carboxylic acid groups (broad SMARTS) is 1. The highest BCUT2D eigenvalue weighted by Crippen LogP contribution is 2.30. The highest BCUT2D eigenvalue weighted by Gasteiger charge is 2.14. The Balaban J connectivity index is 3.28. The molecule has 0 heterocycles. The fourth-order valence-corrected chi connectivity index (χ4v) is 1.72. The summed E-state index contributed by atoms with van der Waals surface area (Å²) >= 11 is 8.94. The average Bonchev–Trinajstić information content (AvgIpc) is 2.09. The van der Waals surface area contributed by atoms with E-state index in [0.717, 1.165) is 0 Å². The summed E-state index contributed by atoms with van der Waals surface area (Å²) in [6.07, 6.45) is 0. The Hall–Kier alpha value is -1.07. The molecule has 0 aliphatic carbocycles. The minimum absolute atomic E-state index is 0.0147. The van der Waals surface area contributed by atoms with Crippen molar-refractivity contribution in [2.24, 2.45) is 0 Å². The Morgan fingerprint density at radius 3 is 2.53 bits per heavy atom. The Morgan fingerprint density at radius 1 is 1.47 bits per heavy atom. The van der Waals surface area contributed by atoms with E-state index < -0.39 is 5.97 Å². The monoisotopic (exact) mass is 291 g/mol. The van der Waals surface area contributed by atoms with Crippen LogP contribution in [-0.4, -0.2) is 17.0 Å². The summed E-state index contributed by atoms with van der Waals surface area (Å²) in [4.78, 5) is 21.6. The third kappa shape index (κ3) is 2.94. The summed E-state index contributed by atoms with van der Waals surface area (Å²) in [6, 6.07) is 2.91. The van der Waals surface area contributed by atoms with Gasteiger partial charge in [-0.1, -0.05) is 27.5 Å². The molecule has 1 rings (SSSR count). The SMILES string of the molecule is CC(=O)Nc1cc(Br)cc(C(=O)O)c1Cl. The van der Waals surface area contributed by atoms with E-state index in [-0.39, 0.29) is 22.2 Å². The maximum Gasteiger partial charge on any atom is 0.337 e. The summed E-state index contributed by atoms with van der Waals surface area (Å²) in [7, 11) is 0. The Bertz CT molecular complexity index is 434. The number of aromatic carboxylic acids is 1. The second kappa shape index (κ2) is 4.63. The first-order valence-corrected chi connectivity index (χ1v) is 5.09. The molecule has 0 aliphatic rings. The van der Waals surface area contributed by atoms with Crippen LogP contribution in [0.15, 0.2) is 16.6 Å². The number of carbonyl (C=O) groups is 2. The molecule has 0 saturated heterocycles. The zero-order valence-electron chi connectivity index (χ0n) is 7.67. The van der Waals surface area contributed by atoms with Gasteiger partial charge in [0.25, 0.3) is 0 Å². The van der Waals surface area contributed by atoms with E-state index in [0.29, 0.717) is 4.47 Å². The van der Waals surface area contributed by atoms with Gasteiger partial charge in [-0.2, -0.15) is 0 Å². The third-order valence-electron chi connectivity index (χ3n) is 1.58. The molecule has 1 aromatic carbocycles. The van der Waals surface area contributed by atoms with Gasteiger partial charge in [-0.15, -0.1) is 0 Å². The number of amides is 1. The van der Waals surface area contributed by atoms with Crippen molar-refractivity contribution in [3.8, 4) is 0 Å². The standard InChI is InChI=1S/C9H7BrClNO3/c1-4(13)12-7-3-5(10)2-6(8(7)11)9(14)15/h2-3H,1H3,(H,12,13)(H,14,15). The molecular weight excluding hydrogens is 285 g/mol. The van der Waals surface area contributed by atoms with Gasteiger partial charge in [0.2, 0.25) is 5.91 Å². The van der Waals surface area contributed by atoms with Crippen LogP contribution in [0.3, 0.4) is 0 Å². The topological polar surface area (TPSA) is 66.4 Å². The van der Waals surface area contributed by atoms with Crippen LogP contribution in [0.1, 0.15) is 17.3 Å². The summed E-state index contributed by atoms with van der Waals surface area (Å²) in [5.74, 6) is -1.46. The van der Waals surface area contributed by atoms with Gasteiger partial charge in [-0.25, -0.2) is 4.79 Å². The molecule has 0 saturated carbocycles. The second-order valence-corrected chi connectivity index (χ2v) is 4.09. The van der Waals surface area contributed by atoms with Gasteiger partial charge in [0.1, 0.15) is 0 Å². The summed E-state index contributed by atoms with van der Waals surface area (Å²) in [5.41, 5.74) is 0.214. The molecule has 0 unspecified atom stereocenters. The molecule has 0 atom stereocenters. The van der Waals surface area contributed by atoms with Crippen molar-refractivity contribution in [1.29, 1.82) is 0 Å². The molecule has 4 nitrogen and oxygen atoms in total. The van der Waals surface area contributed by atoms with E-state index in [1.165, 1.54) is 19.1 Å². The average molecular weight is 293 g/mol. The number of hydrogen-bond donors (Lipinski definition) is 2. The van der Waals surface area contributed by atoms with Crippen molar-refractivity contribution in [3.63, 3.8) is 0 Å². The molecule has 0 radical (unpaired) electrons. The second-order valence-electron chi connectivity index (χ2n) is 2.80. The lowest BCUT2D eigenvalue weighted by Gasteiger charge is -2.08. The van der Waals surface area contributed by atoms with Gasteiger partial charge in [-0.3, -0.25) is 4.79 Å². The van der Waals surface area contributed by atoms with Gasteiger partial charge < -0.3 is 10.4 Å². The number of anilines is 1. The molecule has 0 bridgehead atoms. The number of nitrogens with one attached hydrogen (secondary N) is 1. The summed E-state index contributed by atoms with van der Waals surface area (Å²) < 4.78 is 0.535. The first-order chi connectivity index (χ1) is 6.91. The molecular formula is C9H7BrClNO3. The van der Waals surface area contributed by atoms with Crippen LogP contribution in [0.5, 0.6) is 0 Å². The maximum atomic E-state index is 10.8. The molecule has 0 fully saturated rings. The summed E-state index contributed by atoms with van der Waals surface area (Å²) in [6.45, 7) is 1.32. The lowest BCUT2D eigenvalue weighted by Crippen LogP contribution is -2.08. The normalized spacial score (nSPS) is 9.80. The van der Waals surface area contributed by atoms with Crippen LogP contribution >= 0.6 is 27.5 Å². The fraction of sp³-hybridized carbons (Fsp3) is 0.111. The highest BCUT2D eigenvalue weighted by atomic mass is 79.9. The van der Waals surface area contributed by atoms with Crippen molar-refractivity contribution >= 4 is 45.1 Å². The van der Waals surface area contributed by atoms with Crippen LogP contribution < -0.4 is 5.32 Å². The Kier molecular flexibility index (Phi) is 3.71. The van der Waals surface area contributed by atoms with Gasteiger partial charge in [0.05, 0.1) is 16.3 Å². The Labute approximate surface area is 99.4 Å². The maximum absolute atomic E-state index is 10.8. The first-order valence-electron chi connectivity index (χ1n) is 3.91. The molecule has 1 aromatic rings. The number of rotatable bonds is 2. The van der Waals surface area contributed by atoms with E-state index in [1.807, 2.05) is 0 Å². The van der Waals surface area contributed by atoms with Crippen LogP contribution in [0.4, 0.5) is 5.69 Å². The summed E-state index contributed by atoms with van der Waals surface area (Å²) in [5, 5.41) is 11.3. The van der Waals surface area contributed by atoms with Crippen molar-refractivity contribution in [2.45, 2.75) is 6.92 Å². The molecule has 0 aromatic heterocycles. The predicted octanol–water partition coefficient (Wildman–Crippen LogP) is 2.76. The van der Waals surface area contributed by atoms with Gasteiger partial charge in [-0.05, 0) is 12.1 Å². The molecule has 2 N–H and O–H groups in total. The zero-order valence-corrected chi connectivity index (χ0v) is 10.0. The van der Waals surface area contributed by atoms with E-state index in [2.05, 4.69) is 21.2 Å². The van der Waals surface area contributed by atoms with Gasteiger partial charge >= 0.3 is 5.97 Å². The van der Waals surface area contributed by atoms with Crippen LogP contribution in [-0.2, 0) is 4.79 Å². The quantitative estimate of drug-likeness (QED) is 0.881. The van der Waals surface area contributed by atoms with Gasteiger partial charge in [0.15, 0.2) is 0 Å². The molecule has 80 valence electrons. The molecule has 15 heavy (non-hydrogen) atoms. The number of halogens is 2. The zero-order chi connectivity index (χ0) is 11.6. The first kappa shape index (κ1) is 12.0. The largest absolute Gasteiger partial charge is 0.478 e. The number of carbonyl (C=O) groups excluding carboxylic acids is 1. The van der Waals surface area contributed by atoms with Crippen molar-refractivity contribution in [3.05, 3.63) is 27.2 Å². The van der Waals surface area contributed by atoms with E-state index >= 15 is 0 Å². The number of hydrogen-bond acceptors (Lipinski definition) is 2. The van der Waals surface area contributed by atoms with E-state index in [1.54, 1.807) is 0 Å². The van der Waals surface area contributed by atoms with Crippen molar-refractivity contribution in [1.82, 2.24) is 0 Å².